The van der Waals surface area contributed by atoms with E-state index in [-0.39, 0.29) is 10.8 Å². The molecule has 0 bridgehead atoms. The smallest absolute Gasteiger partial charge is 0.175 e. The van der Waals surface area contributed by atoms with Gasteiger partial charge < -0.3 is 9.47 Å². The lowest BCUT2D eigenvalue weighted by Crippen LogP contribution is -2.36. The first-order valence-electron chi connectivity index (χ1n) is 12.4. The predicted octanol–water partition coefficient (Wildman–Crippen LogP) is 5.25. The van der Waals surface area contributed by atoms with Crippen LogP contribution in [0.25, 0.3) is 0 Å². The number of halogens is 2. The predicted molar refractivity (Wildman–Crippen MR) is 136 cm³/mol. The maximum absolute atomic E-state index is 14.1. The molecule has 0 aliphatic carbocycles. The Morgan fingerprint density at radius 1 is 0.972 bits per heavy atom. The molecule has 0 saturated carbocycles. The summed E-state index contributed by atoms with van der Waals surface area (Å²) in [5.74, 6) is 0.794. The topological polar surface area (TPSA) is 68.1 Å². The molecule has 3 aromatic rings. The van der Waals surface area contributed by atoms with E-state index in [1.54, 1.807) is 24.3 Å². The Morgan fingerprint density at radius 2 is 1.58 bits per heavy atom. The van der Waals surface area contributed by atoms with Gasteiger partial charge in [-0.1, -0.05) is 26.0 Å². The standard InChI is InChI=1S/C27H34F2N4O2S/c1-18(2)27-31-30-19(3)33(27)24-9-12-32(13-10-24)14-11-26(21-15-22(28)17-23(29)16-21)20-5-7-25(8-6-20)36(4,34)35/h5-8,15-18,24,26H,9-14H2,1-4H3/t26-/m1/s1. The van der Waals surface area contributed by atoms with Gasteiger partial charge in [0.15, 0.2) is 9.84 Å². The Morgan fingerprint density at radius 3 is 2.14 bits per heavy atom. The Bertz CT molecular complexity index is 1280. The van der Waals surface area contributed by atoms with E-state index in [1.807, 2.05) is 6.92 Å². The van der Waals surface area contributed by atoms with Crippen molar-refractivity contribution in [3.05, 3.63) is 76.9 Å². The number of hydrogen-bond donors (Lipinski definition) is 0. The Labute approximate surface area is 212 Å². The summed E-state index contributed by atoms with van der Waals surface area (Å²) >= 11 is 0. The molecule has 1 saturated heterocycles. The van der Waals surface area contributed by atoms with Crippen molar-refractivity contribution in [2.75, 3.05) is 25.9 Å². The molecule has 0 unspecified atom stereocenters. The van der Waals surface area contributed by atoms with Crippen LogP contribution < -0.4 is 0 Å². The van der Waals surface area contributed by atoms with E-state index in [1.165, 1.54) is 12.1 Å². The van der Waals surface area contributed by atoms with Crippen molar-refractivity contribution >= 4 is 9.84 Å². The molecule has 1 fully saturated rings. The number of rotatable bonds is 8. The summed E-state index contributed by atoms with van der Waals surface area (Å²) < 4.78 is 54.2. The van der Waals surface area contributed by atoms with Crippen molar-refractivity contribution in [2.24, 2.45) is 0 Å². The van der Waals surface area contributed by atoms with E-state index >= 15 is 0 Å². The fraction of sp³-hybridized carbons (Fsp3) is 0.481. The molecule has 0 spiro atoms. The maximum Gasteiger partial charge on any atom is 0.175 e. The van der Waals surface area contributed by atoms with Crippen LogP contribution in [0.1, 0.15) is 73.8 Å². The second kappa shape index (κ2) is 10.8. The van der Waals surface area contributed by atoms with E-state index in [0.29, 0.717) is 23.9 Å². The number of aryl methyl sites for hydroxylation is 1. The highest BCUT2D eigenvalue weighted by atomic mass is 32.2. The lowest BCUT2D eigenvalue weighted by atomic mass is 9.88. The normalized spacial score (nSPS) is 16.5. The average Bonchev–Trinajstić information content (AvgIpc) is 3.20. The van der Waals surface area contributed by atoms with Gasteiger partial charge in [-0.05, 0) is 68.1 Å². The first-order chi connectivity index (χ1) is 17.0. The fourth-order valence-electron chi connectivity index (χ4n) is 5.19. The van der Waals surface area contributed by atoms with Crippen LogP contribution in [0, 0.1) is 18.6 Å². The second-order valence-electron chi connectivity index (χ2n) is 10.1. The first-order valence-corrected chi connectivity index (χ1v) is 14.3. The van der Waals surface area contributed by atoms with Crippen molar-refractivity contribution in [2.45, 2.75) is 62.8 Å². The molecule has 0 N–H and O–H groups in total. The highest BCUT2D eigenvalue weighted by Crippen LogP contribution is 2.32. The van der Waals surface area contributed by atoms with Crippen LogP contribution in [0.5, 0.6) is 0 Å². The molecule has 1 aliphatic rings. The minimum Gasteiger partial charge on any atom is -0.312 e. The number of sulfone groups is 1. The highest BCUT2D eigenvalue weighted by Gasteiger charge is 2.26. The minimum absolute atomic E-state index is 0.225. The zero-order chi connectivity index (χ0) is 26.0. The molecule has 0 amide bonds. The van der Waals surface area contributed by atoms with Gasteiger partial charge in [0, 0.05) is 43.3 Å². The van der Waals surface area contributed by atoms with Crippen molar-refractivity contribution < 1.29 is 17.2 Å². The van der Waals surface area contributed by atoms with Crippen LogP contribution in [0.15, 0.2) is 47.4 Å². The molecular weight excluding hydrogens is 482 g/mol. The number of hydrogen-bond acceptors (Lipinski definition) is 5. The van der Waals surface area contributed by atoms with E-state index < -0.39 is 21.5 Å². The summed E-state index contributed by atoms with van der Waals surface area (Å²) in [4.78, 5) is 2.61. The Kier molecular flexibility index (Phi) is 7.90. The molecule has 36 heavy (non-hydrogen) atoms. The Hall–Kier alpha value is -2.65. The molecule has 9 heteroatoms. The van der Waals surface area contributed by atoms with Crippen LogP contribution in [0.2, 0.25) is 0 Å². The molecule has 1 aromatic heterocycles. The van der Waals surface area contributed by atoms with Gasteiger partial charge in [-0.3, -0.25) is 0 Å². The molecule has 2 heterocycles. The maximum atomic E-state index is 14.1. The number of piperidine rings is 1. The Balaban J connectivity index is 1.49. The fourth-order valence-corrected chi connectivity index (χ4v) is 5.82. The van der Waals surface area contributed by atoms with Gasteiger partial charge in [-0.15, -0.1) is 10.2 Å². The van der Waals surface area contributed by atoms with Crippen LogP contribution in [0.3, 0.4) is 0 Å². The van der Waals surface area contributed by atoms with E-state index in [0.717, 1.165) is 62.0 Å². The number of benzene rings is 2. The molecule has 1 atom stereocenters. The SMILES string of the molecule is Cc1nnc(C(C)C)n1C1CCN(CC[C@H](c2ccc(S(C)(=O)=O)cc2)c2cc(F)cc(F)c2)CC1. The van der Waals surface area contributed by atoms with E-state index in [4.69, 9.17) is 0 Å². The summed E-state index contributed by atoms with van der Waals surface area (Å²) in [6.07, 6.45) is 3.80. The number of aromatic nitrogens is 3. The largest absolute Gasteiger partial charge is 0.312 e. The van der Waals surface area contributed by atoms with Gasteiger partial charge in [0.25, 0.3) is 0 Å². The third-order valence-electron chi connectivity index (χ3n) is 7.06. The lowest BCUT2D eigenvalue weighted by Gasteiger charge is -2.34. The summed E-state index contributed by atoms with van der Waals surface area (Å²) in [6, 6.07) is 10.6. The second-order valence-corrected chi connectivity index (χ2v) is 12.1. The van der Waals surface area contributed by atoms with E-state index in [9.17, 15) is 17.2 Å². The number of nitrogens with zero attached hydrogens (tertiary/aromatic N) is 4. The summed E-state index contributed by atoms with van der Waals surface area (Å²) in [5, 5.41) is 8.67. The van der Waals surface area contributed by atoms with Crippen molar-refractivity contribution in [1.29, 1.82) is 0 Å². The summed E-state index contributed by atoms with van der Waals surface area (Å²) in [6.45, 7) is 8.86. The first kappa shape index (κ1) is 26.4. The van der Waals surface area contributed by atoms with Gasteiger partial charge >= 0.3 is 0 Å². The zero-order valence-electron chi connectivity index (χ0n) is 21.3. The van der Waals surface area contributed by atoms with Crippen molar-refractivity contribution in [1.82, 2.24) is 19.7 Å². The molecule has 4 rings (SSSR count). The third kappa shape index (κ3) is 6.00. The third-order valence-corrected chi connectivity index (χ3v) is 8.19. The van der Waals surface area contributed by atoms with Crippen LogP contribution in [0.4, 0.5) is 8.78 Å². The molecule has 194 valence electrons. The average molecular weight is 517 g/mol. The highest BCUT2D eigenvalue weighted by molar-refractivity contribution is 7.90. The quantitative estimate of drug-likeness (QED) is 0.409. The van der Waals surface area contributed by atoms with Crippen molar-refractivity contribution in [3.63, 3.8) is 0 Å². The molecule has 2 aromatic carbocycles. The molecular formula is C27H34F2N4O2S. The summed E-state index contributed by atoms with van der Waals surface area (Å²) in [7, 11) is -3.33. The molecule has 1 aliphatic heterocycles. The van der Waals surface area contributed by atoms with Gasteiger partial charge in [0.2, 0.25) is 0 Å². The van der Waals surface area contributed by atoms with Gasteiger partial charge in [-0.2, -0.15) is 0 Å². The van der Waals surface area contributed by atoms with Gasteiger partial charge in [0.05, 0.1) is 4.90 Å². The molecule has 6 nitrogen and oxygen atoms in total. The lowest BCUT2D eigenvalue weighted by molar-refractivity contribution is 0.179. The summed E-state index contributed by atoms with van der Waals surface area (Å²) in [5.41, 5.74) is 1.39. The van der Waals surface area contributed by atoms with Gasteiger partial charge in [-0.25, -0.2) is 17.2 Å². The van der Waals surface area contributed by atoms with E-state index in [2.05, 4.69) is 33.5 Å². The zero-order valence-corrected chi connectivity index (χ0v) is 22.1. The van der Waals surface area contributed by atoms with Crippen LogP contribution in [-0.4, -0.2) is 54.0 Å². The minimum atomic E-state index is -3.33. The van der Waals surface area contributed by atoms with Gasteiger partial charge in [0.1, 0.15) is 23.3 Å². The van der Waals surface area contributed by atoms with Crippen LogP contribution in [-0.2, 0) is 9.84 Å². The van der Waals surface area contributed by atoms with Crippen LogP contribution >= 0.6 is 0 Å². The number of likely N-dealkylation sites (tertiary alicyclic amines) is 1. The molecule has 0 radical (unpaired) electrons. The van der Waals surface area contributed by atoms with Crippen molar-refractivity contribution in [3.8, 4) is 0 Å². The monoisotopic (exact) mass is 516 g/mol.